The van der Waals surface area contributed by atoms with E-state index in [4.69, 9.17) is 11.6 Å². The number of rotatable bonds is 3. The molecule has 2 fully saturated rings. The van der Waals surface area contributed by atoms with Gasteiger partial charge in [0.15, 0.2) is 0 Å². The number of carbonyl (C=O) groups excluding carboxylic acids is 2. The summed E-state index contributed by atoms with van der Waals surface area (Å²) in [7, 11) is 0. The predicted molar refractivity (Wildman–Crippen MR) is 85.8 cm³/mol. The SMILES string of the molecule is O=C(CC1NC2CCCCC2NC1=O)Nc1ccc(Cl)cc1. The molecule has 1 aromatic carbocycles. The van der Waals surface area contributed by atoms with E-state index in [-0.39, 0.29) is 24.3 Å². The Labute approximate surface area is 134 Å². The van der Waals surface area contributed by atoms with Gasteiger partial charge in [0.05, 0.1) is 12.5 Å². The maximum atomic E-state index is 12.1. The third-order valence-electron chi connectivity index (χ3n) is 4.34. The number of hydrogen-bond donors (Lipinski definition) is 3. The zero-order valence-electron chi connectivity index (χ0n) is 12.3. The number of anilines is 1. The number of benzene rings is 1. The number of amides is 2. The minimum Gasteiger partial charge on any atom is -0.350 e. The maximum absolute atomic E-state index is 12.1. The lowest BCUT2D eigenvalue weighted by Crippen LogP contribution is -2.65. The molecule has 3 rings (SSSR count). The summed E-state index contributed by atoms with van der Waals surface area (Å²) in [5.74, 6) is -0.251. The maximum Gasteiger partial charge on any atom is 0.237 e. The number of piperazine rings is 1. The summed E-state index contributed by atoms with van der Waals surface area (Å²) in [6.45, 7) is 0. The monoisotopic (exact) mass is 321 g/mol. The second kappa shape index (κ2) is 6.67. The van der Waals surface area contributed by atoms with E-state index in [0.29, 0.717) is 16.8 Å². The van der Waals surface area contributed by atoms with Gasteiger partial charge in [-0.2, -0.15) is 0 Å². The number of carbonyl (C=O) groups is 2. The van der Waals surface area contributed by atoms with E-state index in [1.807, 2.05) is 0 Å². The van der Waals surface area contributed by atoms with Crippen LogP contribution in [0.5, 0.6) is 0 Å². The molecule has 0 spiro atoms. The second-order valence-corrected chi connectivity index (χ2v) is 6.42. The average Bonchev–Trinajstić information content (AvgIpc) is 2.50. The van der Waals surface area contributed by atoms with Crippen LogP contribution in [0.15, 0.2) is 24.3 Å². The molecule has 3 unspecified atom stereocenters. The highest BCUT2D eigenvalue weighted by atomic mass is 35.5. The fourth-order valence-electron chi connectivity index (χ4n) is 3.20. The molecule has 0 aromatic heterocycles. The minimum absolute atomic E-state index is 0.0746. The van der Waals surface area contributed by atoms with Crippen LogP contribution < -0.4 is 16.0 Å². The van der Waals surface area contributed by atoms with Gasteiger partial charge in [-0.3, -0.25) is 9.59 Å². The Balaban J connectivity index is 1.56. The van der Waals surface area contributed by atoms with Gasteiger partial charge in [-0.15, -0.1) is 0 Å². The molecular formula is C16H20ClN3O2. The van der Waals surface area contributed by atoms with Crippen LogP contribution in [0.2, 0.25) is 5.02 Å². The number of nitrogens with one attached hydrogen (secondary N) is 3. The van der Waals surface area contributed by atoms with Crippen molar-refractivity contribution in [2.45, 2.75) is 50.2 Å². The van der Waals surface area contributed by atoms with Crippen LogP contribution in [-0.4, -0.2) is 29.9 Å². The highest BCUT2D eigenvalue weighted by Crippen LogP contribution is 2.22. The molecule has 1 aliphatic heterocycles. The Morgan fingerprint density at radius 3 is 2.59 bits per heavy atom. The minimum atomic E-state index is -0.452. The van der Waals surface area contributed by atoms with Gasteiger partial charge in [0.2, 0.25) is 11.8 Å². The van der Waals surface area contributed by atoms with Gasteiger partial charge in [-0.1, -0.05) is 24.4 Å². The van der Waals surface area contributed by atoms with Crippen molar-refractivity contribution >= 4 is 29.1 Å². The average molecular weight is 322 g/mol. The van der Waals surface area contributed by atoms with Gasteiger partial charge in [-0.05, 0) is 37.1 Å². The lowest BCUT2D eigenvalue weighted by atomic mass is 9.87. The summed E-state index contributed by atoms with van der Waals surface area (Å²) in [6, 6.07) is 6.98. The Kier molecular flexibility index (Phi) is 4.64. The van der Waals surface area contributed by atoms with Crippen molar-refractivity contribution in [2.24, 2.45) is 0 Å². The largest absolute Gasteiger partial charge is 0.350 e. The summed E-state index contributed by atoms with van der Waals surface area (Å²) in [5, 5.41) is 9.79. The molecule has 1 aliphatic carbocycles. The van der Waals surface area contributed by atoms with Crippen molar-refractivity contribution in [1.82, 2.24) is 10.6 Å². The third kappa shape index (κ3) is 3.59. The van der Waals surface area contributed by atoms with Crippen LogP contribution in [0, 0.1) is 0 Å². The molecule has 118 valence electrons. The fraction of sp³-hybridized carbons (Fsp3) is 0.500. The Morgan fingerprint density at radius 1 is 1.18 bits per heavy atom. The fourth-order valence-corrected chi connectivity index (χ4v) is 3.33. The van der Waals surface area contributed by atoms with Crippen LogP contribution in [0.25, 0.3) is 0 Å². The van der Waals surface area contributed by atoms with E-state index in [1.165, 1.54) is 6.42 Å². The summed E-state index contributed by atoms with van der Waals surface area (Å²) in [6.07, 6.45) is 4.55. The van der Waals surface area contributed by atoms with Crippen molar-refractivity contribution in [1.29, 1.82) is 0 Å². The quantitative estimate of drug-likeness (QED) is 0.798. The molecule has 0 bridgehead atoms. The van der Waals surface area contributed by atoms with Crippen molar-refractivity contribution in [3.8, 4) is 0 Å². The van der Waals surface area contributed by atoms with E-state index >= 15 is 0 Å². The Bertz CT molecular complexity index is 561. The first-order valence-electron chi connectivity index (χ1n) is 7.73. The van der Waals surface area contributed by atoms with E-state index in [2.05, 4.69) is 16.0 Å². The van der Waals surface area contributed by atoms with Gasteiger partial charge in [0, 0.05) is 22.8 Å². The van der Waals surface area contributed by atoms with Crippen LogP contribution in [0.4, 0.5) is 5.69 Å². The molecule has 1 aromatic rings. The molecule has 6 heteroatoms. The molecule has 2 amide bonds. The Hall–Kier alpha value is -1.59. The molecule has 0 radical (unpaired) electrons. The Morgan fingerprint density at radius 2 is 1.86 bits per heavy atom. The summed E-state index contributed by atoms with van der Waals surface area (Å²) >= 11 is 5.81. The third-order valence-corrected chi connectivity index (χ3v) is 4.59. The van der Waals surface area contributed by atoms with Crippen molar-refractivity contribution < 1.29 is 9.59 Å². The van der Waals surface area contributed by atoms with Crippen molar-refractivity contribution in [3.05, 3.63) is 29.3 Å². The summed E-state index contributed by atoms with van der Waals surface area (Å²) < 4.78 is 0. The smallest absolute Gasteiger partial charge is 0.237 e. The number of hydrogen-bond acceptors (Lipinski definition) is 3. The molecule has 1 saturated carbocycles. The number of fused-ring (bicyclic) bond motifs is 1. The molecule has 1 heterocycles. The summed E-state index contributed by atoms with van der Waals surface area (Å²) in [4.78, 5) is 24.2. The first-order valence-corrected chi connectivity index (χ1v) is 8.11. The lowest BCUT2D eigenvalue weighted by Gasteiger charge is -2.40. The van der Waals surface area contributed by atoms with Gasteiger partial charge >= 0.3 is 0 Å². The highest BCUT2D eigenvalue weighted by molar-refractivity contribution is 6.30. The zero-order valence-corrected chi connectivity index (χ0v) is 13.0. The van der Waals surface area contributed by atoms with E-state index < -0.39 is 6.04 Å². The van der Waals surface area contributed by atoms with Crippen LogP contribution in [0.1, 0.15) is 32.1 Å². The summed E-state index contributed by atoms with van der Waals surface area (Å²) in [5.41, 5.74) is 0.682. The predicted octanol–water partition coefficient (Wildman–Crippen LogP) is 2.07. The molecular weight excluding hydrogens is 302 g/mol. The van der Waals surface area contributed by atoms with Crippen molar-refractivity contribution in [3.63, 3.8) is 0 Å². The first kappa shape index (κ1) is 15.3. The molecule has 5 nitrogen and oxygen atoms in total. The van der Waals surface area contributed by atoms with Gasteiger partial charge in [-0.25, -0.2) is 0 Å². The topological polar surface area (TPSA) is 70.2 Å². The van der Waals surface area contributed by atoms with Gasteiger partial charge in [0.1, 0.15) is 0 Å². The van der Waals surface area contributed by atoms with Crippen LogP contribution >= 0.6 is 11.6 Å². The number of halogens is 1. The van der Waals surface area contributed by atoms with Gasteiger partial charge < -0.3 is 16.0 Å². The second-order valence-electron chi connectivity index (χ2n) is 5.98. The van der Waals surface area contributed by atoms with Crippen LogP contribution in [0.3, 0.4) is 0 Å². The zero-order chi connectivity index (χ0) is 15.5. The van der Waals surface area contributed by atoms with E-state index in [9.17, 15) is 9.59 Å². The van der Waals surface area contributed by atoms with Crippen LogP contribution in [-0.2, 0) is 9.59 Å². The standard InChI is InChI=1S/C16H20ClN3O2/c17-10-5-7-11(8-6-10)18-15(21)9-14-16(22)20-13-4-2-1-3-12(13)19-14/h5-8,12-14,19H,1-4,9H2,(H,18,21)(H,20,22). The van der Waals surface area contributed by atoms with Gasteiger partial charge in [0.25, 0.3) is 0 Å². The van der Waals surface area contributed by atoms with E-state index in [1.54, 1.807) is 24.3 Å². The molecule has 2 aliphatic rings. The molecule has 3 atom stereocenters. The first-order chi connectivity index (χ1) is 10.6. The normalized spacial score (nSPS) is 27.7. The molecule has 3 N–H and O–H groups in total. The molecule has 1 saturated heterocycles. The highest BCUT2D eigenvalue weighted by Gasteiger charge is 2.36. The van der Waals surface area contributed by atoms with E-state index in [0.717, 1.165) is 19.3 Å². The van der Waals surface area contributed by atoms with Crippen molar-refractivity contribution in [2.75, 3.05) is 5.32 Å². The lowest BCUT2D eigenvalue weighted by molar-refractivity contribution is -0.129. The molecule has 22 heavy (non-hydrogen) atoms.